The number of unbranched alkanes of at least 4 members (excludes halogenated alkanes) is 2. The summed E-state index contributed by atoms with van der Waals surface area (Å²) >= 11 is 0. The summed E-state index contributed by atoms with van der Waals surface area (Å²) in [6, 6.07) is 5.19. The molecule has 3 atom stereocenters. The number of aliphatic hydroxyl groups is 1. The Kier molecular flexibility index (Phi) is 30.1. The Morgan fingerprint density at radius 2 is 1.56 bits per heavy atom. The maximum atomic E-state index is 9.71. The molecule has 0 amide bonds. The van der Waals surface area contributed by atoms with Crippen LogP contribution in [0.5, 0.6) is 11.5 Å². The summed E-state index contributed by atoms with van der Waals surface area (Å²) < 4.78 is 15.5. The Morgan fingerprint density at radius 1 is 0.972 bits per heavy atom. The van der Waals surface area contributed by atoms with Crippen molar-refractivity contribution in [2.75, 3.05) is 26.9 Å². The Hall–Kier alpha value is -0.757. The minimum Gasteiger partial charge on any atom is -0.504 e. The van der Waals surface area contributed by atoms with Gasteiger partial charge in [-0.15, -0.1) is 0 Å². The fraction of sp³-hybridized carbons (Fsp3) is 0.786. The standard InChI is InChI=1S/C10H14O3.C10H20O.C8H18O.H2O2.Zn/c1-3-13-7-8-4-5-9(11)10(6-8)12-2;1-7(2)9-5-4-8(3)6-10(9)11;1-3-5-7-9-8-6-4-2;1-2;/h4-6,11H,3,7H2,1-2H3;7-11H,4-6H2,1-3H3;3-8H2,1-2H3;1-2H;/t;8-,9+,10-;;;/m.1.../s1. The molecule has 0 spiro atoms. The molecule has 0 bridgehead atoms. The summed E-state index contributed by atoms with van der Waals surface area (Å²) in [6.07, 6.45) is 8.42. The van der Waals surface area contributed by atoms with Crippen molar-refractivity contribution in [3.8, 4) is 11.5 Å². The average Bonchev–Trinajstić information content (AvgIpc) is 2.85. The van der Waals surface area contributed by atoms with Crippen molar-refractivity contribution in [2.24, 2.45) is 17.8 Å². The van der Waals surface area contributed by atoms with Crippen LogP contribution in [0, 0.1) is 17.8 Å². The van der Waals surface area contributed by atoms with Crippen molar-refractivity contribution < 1.29 is 54.4 Å². The second kappa shape index (κ2) is 27.3. The summed E-state index contributed by atoms with van der Waals surface area (Å²) in [5.41, 5.74) is 0.997. The Balaban J connectivity index is -0.000000439. The average molecular weight is 568 g/mol. The van der Waals surface area contributed by atoms with Gasteiger partial charge in [-0.1, -0.05) is 59.9 Å². The van der Waals surface area contributed by atoms with E-state index in [9.17, 15) is 10.2 Å². The SMILES string of the molecule is CC(C)[C@@H]1CC[C@@H](C)C[C@H]1O.CCCCOCCCC.CCOCc1ccc(O)c(OC)c1.OO.[Zn]. The first-order chi connectivity index (χ1) is 16.8. The molecule has 0 aromatic heterocycles. The van der Waals surface area contributed by atoms with Crippen molar-refractivity contribution in [3.63, 3.8) is 0 Å². The van der Waals surface area contributed by atoms with Crippen molar-refractivity contribution in [3.05, 3.63) is 23.8 Å². The Bertz CT molecular complexity index is 581. The fourth-order valence-electron chi connectivity index (χ4n) is 3.78. The first kappa shape index (κ1) is 39.8. The molecule has 4 N–H and O–H groups in total. The van der Waals surface area contributed by atoms with Crippen molar-refractivity contribution >= 4 is 0 Å². The zero-order valence-corrected chi connectivity index (χ0v) is 27.0. The second-order valence-electron chi connectivity index (χ2n) is 9.36. The second-order valence-corrected chi connectivity index (χ2v) is 9.36. The van der Waals surface area contributed by atoms with Gasteiger partial charge in [0.25, 0.3) is 0 Å². The van der Waals surface area contributed by atoms with Crippen molar-refractivity contribution in [1.82, 2.24) is 0 Å². The Labute approximate surface area is 233 Å². The fourth-order valence-corrected chi connectivity index (χ4v) is 3.78. The van der Waals surface area contributed by atoms with E-state index >= 15 is 0 Å². The molecule has 1 aromatic rings. The maximum absolute atomic E-state index is 9.71. The third-order valence-electron chi connectivity index (χ3n) is 5.99. The van der Waals surface area contributed by atoms with Gasteiger partial charge in [0.2, 0.25) is 0 Å². The van der Waals surface area contributed by atoms with Crippen LogP contribution in [0.15, 0.2) is 18.2 Å². The number of ether oxygens (including phenoxy) is 3. The van der Waals surface area contributed by atoms with Gasteiger partial charge in [0.1, 0.15) is 0 Å². The van der Waals surface area contributed by atoms with E-state index in [0.717, 1.165) is 31.1 Å². The number of aromatic hydroxyl groups is 1. The number of hydrogen-bond donors (Lipinski definition) is 4. The van der Waals surface area contributed by atoms with Crippen LogP contribution in [0.4, 0.5) is 0 Å². The van der Waals surface area contributed by atoms with Gasteiger partial charge in [-0.25, -0.2) is 0 Å². The van der Waals surface area contributed by atoms with Gasteiger partial charge in [0.15, 0.2) is 11.5 Å². The molecule has 1 aliphatic carbocycles. The van der Waals surface area contributed by atoms with Crippen LogP contribution in [0.2, 0.25) is 0 Å². The zero-order chi connectivity index (χ0) is 27.1. The molecule has 210 valence electrons. The van der Waals surface area contributed by atoms with Crippen LogP contribution in [0.1, 0.15) is 92.1 Å². The number of phenols is 1. The molecule has 0 saturated heterocycles. The molecule has 7 nitrogen and oxygen atoms in total. The molecule has 0 unspecified atom stereocenters. The van der Waals surface area contributed by atoms with Gasteiger partial charge in [-0.2, -0.15) is 0 Å². The normalized spacial score (nSPS) is 18.4. The maximum Gasteiger partial charge on any atom is 0.160 e. The summed E-state index contributed by atoms with van der Waals surface area (Å²) in [5.74, 6) is 2.59. The van der Waals surface area contributed by atoms with E-state index in [1.54, 1.807) is 12.1 Å². The first-order valence-corrected chi connectivity index (χ1v) is 13.2. The smallest absolute Gasteiger partial charge is 0.160 e. The summed E-state index contributed by atoms with van der Waals surface area (Å²) in [7, 11) is 1.53. The topological polar surface area (TPSA) is 109 Å². The van der Waals surface area contributed by atoms with Crippen LogP contribution in [-0.4, -0.2) is 53.8 Å². The molecule has 1 fully saturated rings. The predicted octanol–water partition coefficient (Wildman–Crippen LogP) is 6.99. The molecule has 0 aliphatic heterocycles. The van der Waals surface area contributed by atoms with E-state index in [2.05, 4.69) is 34.6 Å². The van der Waals surface area contributed by atoms with Gasteiger partial charge in [0, 0.05) is 39.3 Å². The number of rotatable bonds is 11. The van der Waals surface area contributed by atoms with E-state index in [-0.39, 0.29) is 31.3 Å². The van der Waals surface area contributed by atoms with E-state index in [0.29, 0.717) is 30.8 Å². The first-order valence-electron chi connectivity index (χ1n) is 13.2. The molecular weight excluding hydrogens is 514 g/mol. The minimum absolute atomic E-state index is 0. The van der Waals surface area contributed by atoms with Crippen molar-refractivity contribution in [2.45, 2.75) is 99.2 Å². The Morgan fingerprint density at radius 3 is 2.00 bits per heavy atom. The summed E-state index contributed by atoms with van der Waals surface area (Å²) in [5, 5.41) is 31.0. The van der Waals surface area contributed by atoms with Gasteiger partial charge in [-0.05, 0) is 68.1 Å². The van der Waals surface area contributed by atoms with Gasteiger partial charge in [-0.3, -0.25) is 10.5 Å². The number of hydrogen-bond acceptors (Lipinski definition) is 7. The predicted molar refractivity (Wildman–Crippen MR) is 143 cm³/mol. The third kappa shape index (κ3) is 20.3. The molecule has 2 rings (SSSR count). The molecule has 1 aromatic carbocycles. The van der Waals surface area contributed by atoms with Crippen LogP contribution in [0.25, 0.3) is 0 Å². The van der Waals surface area contributed by atoms with Crippen LogP contribution >= 0.6 is 0 Å². The number of methoxy groups -OCH3 is 1. The molecule has 8 heteroatoms. The largest absolute Gasteiger partial charge is 0.504 e. The molecule has 1 saturated carbocycles. The third-order valence-corrected chi connectivity index (χ3v) is 5.99. The molecule has 36 heavy (non-hydrogen) atoms. The molecule has 1 aliphatic rings. The van der Waals surface area contributed by atoms with E-state index in [1.807, 2.05) is 13.0 Å². The van der Waals surface area contributed by atoms with Gasteiger partial charge < -0.3 is 24.4 Å². The van der Waals surface area contributed by atoms with Gasteiger partial charge >= 0.3 is 0 Å². The summed E-state index contributed by atoms with van der Waals surface area (Å²) in [6.45, 7) is 16.1. The van der Waals surface area contributed by atoms with E-state index < -0.39 is 0 Å². The zero-order valence-electron chi connectivity index (χ0n) is 24.0. The van der Waals surface area contributed by atoms with E-state index in [4.69, 9.17) is 24.7 Å². The molecule has 0 heterocycles. The monoisotopic (exact) mass is 566 g/mol. The quantitative estimate of drug-likeness (QED) is 0.0986. The number of benzene rings is 1. The number of phenolic OH excluding ortho intramolecular Hbond substituents is 1. The van der Waals surface area contributed by atoms with E-state index in [1.165, 1.54) is 45.6 Å². The summed E-state index contributed by atoms with van der Waals surface area (Å²) in [4.78, 5) is 0. The minimum atomic E-state index is -0.0289. The molecular formula is C28H54O7Zn. The van der Waals surface area contributed by atoms with Crippen LogP contribution in [-0.2, 0) is 35.6 Å². The van der Waals surface area contributed by atoms with Crippen LogP contribution < -0.4 is 4.74 Å². The van der Waals surface area contributed by atoms with Crippen molar-refractivity contribution in [1.29, 1.82) is 0 Å². The van der Waals surface area contributed by atoms with Crippen LogP contribution in [0.3, 0.4) is 0 Å². The van der Waals surface area contributed by atoms with Gasteiger partial charge in [0.05, 0.1) is 19.8 Å². The number of aliphatic hydroxyl groups excluding tert-OH is 1. The molecule has 0 radical (unpaired) electrons.